The van der Waals surface area contributed by atoms with E-state index in [0.29, 0.717) is 34.2 Å². The lowest BCUT2D eigenvalue weighted by Gasteiger charge is -2.09. The molecule has 0 unspecified atom stereocenters. The number of rotatable bonds is 6. The summed E-state index contributed by atoms with van der Waals surface area (Å²) in [6, 6.07) is 6.99. The molecule has 0 aliphatic carbocycles. The third-order valence-electron chi connectivity index (χ3n) is 3.54. The fourth-order valence-corrected chi connectivity index (χ4v) is 3.07. The third kappa shape index (κ3) is 5.91. The maximum atomic E-state index is 12.6. The molecule has 1 aromatic carbocycles. The molecule has 0 bridgehead atoms. The van der Waals surface area contributed by atoms with E-state index in [9.17, 15) is 13.2 Å². The van der Waals surface area contributed by atoms with E-state index in [2.05, 4.69) is 30.8 Å². The number of aromatic nitrogens is 3. The predicted molar refractivity (Wildman–Crippen MR) is 104 cm³/mol. The molecule has 0 aliphatic heterocycles. The fraction of sp³-hybridized carbons (Fsp3) is 0.294. The molecule has 0 aliphatic rings. The molecule has 29 heavy (non-hydrogen) atoms. The zero-order chi connectivity index (χ0) is 20.9. The van der Waals surface area contributed by atoms with Crippen LogP contribution in [0.2, 0.25) is 5.02 Å². The molecular formula is C17H16ClF3N6OS. The van der Waals surface area contributed by atoms with Gasteiger partial charge in [-0.25, -0.2) is 9.98 Å². The topological polar surface area (TPSA) is 88.2 Å². The Morgan fingerprint density at radius 2 is 1.97 bits per heavy atom. The number of hydrogen-bond acceptors (Lipinski definition) is 6. The Balaban J connectivity index is 1.62. The lowest BCUT2D eigenvalue weighted by atomic mass is 10.2. The van der Waals surface area contributed by atoms with E-state index >= 15 is 0 Å². The van der Waals surface area contributed by atoms with Gasteiger partial charge in [-0.15, -0.1) is 11.3 Å². The first-order chi connectivity index (χ1) is 13.8. The first kappa shape index (κ1) is 21.1. The highest BCUT2D eigenvalue weighted by atomic mass is 35.5. The van der Waals surface area contributed by atoms with Gasteiger partial charge in [0.2, 0.25) is 11.7 Å². The fourth-order valence-electron chi connectivity index (χ4n) is 2.21. The number of halogens is 4. The molecular weight excluding hydrogens is 429 g/mol. The first-order valence-electron chi connectivity index (χ1n) is 8.47. The molecule has 7 nitrogen and oxygen atoms in total. The van der Waals surface area contributed by atoms with Gasteiger partial charge in [0.15, 0.2) is 11.7 Å². The van der Waals surface area contributed by atoms with E-state index < -0.39 is 11.9 Å². The summed E-state index contributed by atoms with van der Waals surface area (Å²) in [5.41, 5.74) is -0.149. The summed E-state index contributed by atoms with van der Waals surface area (Å²) >= 11 is 6.79. The summed E-state index contributed by atoms with van der Waals surface area (Å²) in [4.78, 5) is 12.2. The van der Waals surface area contributed by atoms with Crippen molar-refractivity contribution in [3.05, 3.63) is 51.3 Å². The monoisotopic (exact) mass is 444 g/mol. The van der Waals surface area contributed by atoms with Gasteiger partial charge in [-0.05, 0) is 31.2 Å². The van der Waals surface area contributed by atoms with Crippen LogP contribution in [0, 0.1) is 0 Å². The zero-order valence-electron chi connectivity index (χ0n) is 15.1. The predicted octanol–water partition coefficient (Wildman–Crippen LogP) is 4.12. The molecule has 0 amide bonds. The molecule has 3 rings (SSSR count). The van der Waals surface area contributed by atoms with Crippen LogP contribution in [-0.2, 0) is 19.3 Å². The average Bonchev–Trinajstić information content (AvgIpc) is 3.34. The van der Waals surface area contributed by atoms with Crippen molar-refractivity contribution in [2.75, 3.05) is 6.54 Å². The summed E-state index contributed by atoms with van der Waals surface area (Å²) in [6.07, 6.45) is -4.45. The van der Waals surface area contributed by atoms with E-state index in [-0.39, 0.29) is 13.1 Å². The highest BCUT2D eigenvalue weighted by Crippen LogP contribution is 2.29. The number of nitrogens with zero attached hydrogens (tertiary/aromatic N) is 4. The van der Waals surface area contributed by atoms with Crippen LogP contribution in [-0.4, -0.2) is 27.6 Å². The molecule has 2 N–H and O–H groups in total. The molecule has 154 valence electrons. The Hall–Kier alpha value is -2.66. The number of guanidine groups is 1. The van der Waals surface area contributed by atoms with Crippen molar-refractivity contribution >= 4 is 28.9 Å². The summed E-state index contributed by atoms with van der Waals surface area (Å²) in [7, 11) is 0. The number of thiazole rings is 1. The molecule has 0 radical (unpaired) electrons. The van der Waals surface area contributed by atoms with Gasteiger partial charge in [-0.1, -0.05) is 16.8 Å². The second-order valence-electron chi connectivity index (χ2n) is 5.69. The van der Waals surface area contributed by atoms with Gasteiger partial charge in [-0.2, -0.15) is 18.2 Å². The van der Waals surface area contributed by atoms with Crippen LogP contribution in [0.15, 0.2) is 39.2 Å². The molecule has 2 heterocycles. The summed E-state index contributed by atoms with van der Waals surface area (Å²) in [6.45, 7) is 2.64. The van der Waals surface area contributed by atoms with Crippen LogP contribution < -0.4 is 10.6 Å². The number of benzene rings is 1. The van der Waals surface area contributed by atoms with E-state index in [0.717, 1.165) is 22.3 Å². The quantitative estimate of drug-likeness (QED) is 0.439. The molecule has 0 saturated heterocycles. The number of nitrogens with one attached hydrogen (secondary N) is 2. The average molecular weight is 445 g/mol. The largest absolute Gasteiger partial charge is 0.434 e. The van der Waals surface area contributed by atoms with Gasteiger partial charge in [0.05, 0.1) is 6.54 Å². The SMILES string of the molecule is CCNC(=NCc1nc(-c2ccc(Cl)cc2)no1)NCc1nc(C(F)(F)F)cs1. The van der Waals surface area contributed by atoms with Crippen molar-refractivity contribution in [3.63, 3.8) is 0 Å². The van der Waals surface area contributed by atoms with Crippen molar-refractivity contribution in [2.45, 2.75) is 26.2 Å². The lowest BCUT2D eigenvalue weighted by Crippen LogP contribution is -2.36. The third-order valence-corrected chi connectivity index (χ3v) is 4.64. The van der Waals surface area contributed by atoms with Crippen molar-refractivity contribution in [1.82, 2.24) is 25.8 Å². The Morgan fingerprint density at radius 1 is 1.21 bits per heavy atom. The van der Waals surface area contributed by atoms with E-state index in [4.69, 9.17) is 16.1 Å². The highest BCUT2D eigenvalue weighted by molar-refractivity contribution is 7.09. The minimum absolute atomic E-state index is 0.0988. The molecule has 0 fully saturated rings. The van der Waals surface area contributed by atoms with Gasteiger partial charge in [0, 0.05) is 22.5 Å². The molecule has 3 aromatic rings. The Kier molecular flexibility index (Phi) is 6.70. The second-order valence-corrected chi connectivity index (χ2v) is 7.07. The minimum Gasteiger partial charge on any atom is -0.357 e. The highest BCUT2D eigenvalue weighted by Gasteiger charge is 2.33. The van der Waals surface area contributed by atoms with Crippen LogP contribution in [0.3, 0.4) is 0 Å². The summed E-state index contributed by atoms with van der Waals surface area (Å²) in [5, 5.41) is 11.7. The first-order valence-corrected chi connectivity index (χ1v) is 9.73. The van der Waals surface area contributed by atoms with Crippen molar-refractivity contribution in [3.8, 4) is 11.4 Å². The Morgan fingerprint density at radius 3 is 2.62 bits per heavy atom. The normalized spacial score (nSPS) is 12.2. The molecule has 0 spiro atoms. The van der Waals surface area contributed by atoms with Crippen molar-refractivity contribution in [1.29, 1.82) is 0 Å². The number of hydrogen-bond donors (Lipinski definition) is 2. The molecule has 2 aromatic heterocycles. The second kappa shape index (κ2) is 9.23. The maximum absolute atomic E-state index is 12.6. The van der Waals surface area contributed by atoms with Gasteiger partial charge in [-0.3, -0.25) is 0 Å². The molecule has 12 heteroatoms. The van der Waals surface area contributed by atoms with Crippen LogP contribution >= 0.6 is 22.9 Å². The van der Waals surface area contributed by atoms with Crippen molar-refractivity contribution < 1.29 is 17.7 Å². The minimum atomic E-state index is -4.45. The Labute approximate surface area is 173 Å². The maximum Gasteiger partial charge on any atom is 0.434 e. The lowest BCUT2D eigenvalue weighted by molar-refractivity contribution is -0.140. The van der Waals surface area contributed by atoms with Crippen LogP contribution in [0.1, 0.15) is 23.5 Å². The van der Waals surface area contributed by atoms with Gasteiger partial charge in [0.25, 0.3) is 0 Å². The van der Waals surface area contributed by atoms with Gasteiger partial charge in [0.1, 0.15) is 11.6 Å². The van der Waals surface area contributed by atoms with Crippen LogP contribution in [0.4, 0.5) is 13.2 Å². The van der Waals surface area contributed by atoms with Gasteiger partial charge >= 0.3 is 6.18 Å². The van der Waals surface area contributed by atoms with E-state index in [1.54, 1.807) is 24.3 Å². The Bertz CT molecular complexity index is 970. The molecule has 0 atom stereocenters. The standard InChI is InChI=1S/C17H16ClF3N6OS/c1-2-22-16(24-8-14-25-12(9-29-14)17(19,20)21)23-7-13-26-15(27-28-13)10-3-5-11(18)6-4-10/h3-6,9H,2,7-8H2,1H3,(H2,22,23,24). The summed E-state index contributed by atoms with van der Waals surface area (Å²) < 4.78 is 43.1. The number of aliphatic imine (C=N–C) groups is 1. The van der Waals surface area contributed by atoms with Gasteiger partial charge < -0.3 is 15.2 Å². The molecule has 0 saturated carbocycles. The van der Waals surface area contributed by atoms with E-state index in [1.165, 1.54) is 0 Å². The van der Waals surface area contributed by atoms with Crippen LogP contribution in [0.5, 0.6) is 0 Å². The number of alkyl halides is 3. The smallest absolute Gasteiger partial charge is 0.357 e. The van der Waals surface area contributed by atoms with Crippen LogP contribution in [0.25, 0.3) is 11.4 Å². The van der Waals surface area contributed by atoms with E-state index in [1.807, 2.05) is 6.92 Å². The summed E-state index contributed by atoms with van der Waals surface area (Å²) in [5.74, 6) is 1.09. The van der Waals surface area contributed by atoms with Crippen molar-refractivity contribution in [2.24, 2.45) is 4.99 Å². The zero-order valence-corrected chi connectivity index (χ0v) is 16.7.